The van der Waals surface area contributed by atoms with E-state index in [2.05, 4.69) is 38.2 Å². The molecule has 0 saturated heterocycles. The summed E-state index contributed by atoms with van der Waals surface area (Å²) in [6, 6.07) is 0. The van der Waals surface area contributed by atoms with Crippen molar-refractivity contribution in [1.29, 1.82) is 0 Å². The highest BCUT2D eigenvalue weighted by Crippen LogP contribution is 2.43. The fourth-order valence-electron chi connectivity index (χ4n) is 7.09. The third-order valence-corrected chi connectivity index (χ3v) is 11.8. The molecule has 0 rings (SSSR count). The van der Waals surface area contributed by atoms with Gasteiger partial charge in [-0.05, 0) is 44.9 Å². The first-order valence-electron chi connectivity index (χ1n) is 24.8. The van der Waals surface area contributed by atoms with Crippen LogP contribution < -0.4 is 0 Å². The molecule has 0 radical (unpaired) electrons. The lowest BCUT2D eigenvalue weighted by molar-refractivity contribution is -0.154. The van der Waals surface area contributed by atoms with Crippen LogP contribution in [-0.2, 0) is 27.9 Å². The number of esters is 1. The van der Waals surface area contributed by atoms with Crippen LogP contribution in [0.1, 0.15) is 239 Å². The van der Waals surface area contributed by atoms with E-state index < -0.39 is 33.2 Å². The van der Waals surface area contributed by atoms with Gasteiger partial charge in [-0.15, -0.1) is 0 Å². The van der Waals surface area contributed by atoms with Crippen LogP contribution >= 0.6 is 7.82 Å². The Hall–Kier alpha value is -1.06. The fourth-order valence-corrected chi connectivity index (χ4v) is 7.88. The van der Waals surface area contributed by atoms with Crippen molar-refractivity contribution in [2.45, 2.75) is 251 Å². The van der Waals surface area contributed by atoms with E-state index in [4.69, 9.17) is 23.6 Å². The van der Waals surface area contributed by atoms with Crippen molar-refractivity contribution < 1.29 is 43.0 Å². The molecule has 0 aromatic rings. The molecule has 3 N–H and O–H groups in total. The molecule has 0 aromatic carbocycles. The molecule has 0 amide bonds. The van der Waals surface area contributed by atoms with Crippen molar-refractivity contribution >= 4 is 13.8 Å². The van der Waals surface area contributed by atoms with E-state index in [9.17, 15) is 19.4 Å². The van der Waals surface area contributed by atoms with Crippen LogP contribution in [0, 0.1) is 0 Å². The molecule has 350 valence electrons. The van der Waals surface area contributed by atoms with Gasteiger partial charge in [0.15, 0.2) is 0 Å². The second-order valence-electron chi connectivity index (χ2n) is 16.8. The number of hydrogen-bond acceptors (Lipinski definition) is 8. The Balaban J connectivity index is 4.08. The maximum Gasteiger partial charge on any atom is 0.472 e. The summed E-state index contributed by atoms with van der Waals surface area (Å²) in [7, 11) is -4.52. The number of phosphoric acid groups is 1. The van der Waals surface area contributed by atoms with Crippen LogP contribution in [0.5, 0.6) is 0 Å². The summed E-state index contributed by atoms with van der Waals surface area (Å²) in [5.41, 5.74) is 0. The summed E-state index contributed by atoms with van der Waals surface area (Å²) >= 11 is 0. The Kier molecular flexibility index (Phi) is 45.6. The summed E-state index contributed by atoms with van der Waals surface area (Å²) < 4.78 is 33.5. The molecule has 10 heteroatoms. The second kappa shape index (κ2) is 46.4. The van der Waals surface area contributed by atoms with Gasteiger partial charge in [-0.2, -0.15) is 0 Å². The highest BCUT2D eigenvalue weighted by atomic mass is 31.2. The van der Waals surface area contributed by atoms with E-state index in [1.54, 1.807) is 0 Å². The largest absolute Gasteiger partial charge is 0.472 e. The lowest BCUT2D eigenvalue weighted by Crippen LogP contribution is -2.29. The summed E-state index contributed by atoms with van der Waals surface area (Å²) in [4.78, 5) is 22.7. The van der Waals surface area contributed by atoms with Crippen LogP contribution in [0.15, 0.2) is 24.3 Å². The average molecular weight is 859 g/mol. The van der Waals surface area contributed by atoms with E-state index in [0.717, 1.165) is 44.9 Å². The lowest BCUT2D eigenvalue weighted by Gasteiger charge is -2.20. The summed E-state index contributed by atoms with van der Waals surface area (Å²) in [5.74, 6) is -0.379. The van der Waals surface area contributed by atoms with Gasteiger partial charge in [-0.1, -0.05) is 212 Å². The monoisotopic (exact) mass is 859 g/mol. The van der Waals surface area contributed by atoms with Crippen LogP contribution in [0.3, 0.4) is 0 Å². The van der Waals surface area contributed by atoms with Crippen molar-refractivity contribution in [3.63, 3.8) is 0 Å². The zero-order valence-corrected chi connectivity index (χ0v) is 39.4. The smallest absolute Gasteiger partial charge is 0.457 e. The van der Waals surface area contributed by atoms with Crippen LogP contribution in [0.2, 0.25) is 0 Å². The summed E-state index contributed by atoms with van der Waals surface area (Å²) in [5, 5.41) is 18.4. The number of rotatable bonds is 48. The van der Waals surface area contributed by atoms with Gasteiger partial charge in [-0.25, -0.2) is 4.57 Å². The number of carbonyl (C=O) groups excluding carboxylic acids is 1. The molecule has 0 aromatic heterocycles. The maximum absolute atomic E-state index is 12.7. The quantitative estimate of drug-likeness (QED) is 0.0237. The molecule has 3 unspecified atom stereocenters. The molecule has 0 heterocycles. The minimum absolute atomic E-state index is 0.0496. The molecular formula is C49H95O9P. The number of ether oxygens (including phenoxy) is 2. The molecule has 0 bridgehead atoms. The molecule has 0 aliphatic carbocycles. The minimum Gasteiger partial charge on any atom is -0.457 e. The van der Waals surface area contributed by atoms with E-state index in [0.29, 0.717) is 6.61 Å². The van der Waals surface area contributed by atoms with Crippen LogP contribution in [0.4, 0.5) is 0 Å². The van der Waals surface area contributed by atoms with Gasteiger partial charge in [0.05, 0.1) is 26.4 Å². The van der Waals surface area contributed by atoms with E-state index in [1.165, 1.54) is 173 Å². The Bertz CT molecular complexity index is 975. The molecule has 0 spiro atoms. The first kappa shape index (κ1) is 57.9. The Morgan fingerprint density at radius 1 is 0.525 bits per heavy atom. The SMILES string of the molecule is CCCCCC/C=C\C/C=C\CCCCCCCCCCOCC(COP(=O)(O)OCC(O)CO)OC(=O)CCCCCCCCCCCCCCCCCCCCC. The van der Waals surface area contributed by atoms with E-state index in [1.807, 2.05) is 0 Å². The lowest BCUT2D eigenvalue weighted by atomic mass is 10.0. The van der Waals surface area contributed by atoms with Gasteiger partial charge in [-0.3, -0.25) is 13.8 Å². The van der Waals surface area contributed by atoms with Gasteiger partial charge in [0.25, 0.3) is 0 Å². The zero-order chi connectivity index (χ0) is 43.2. The van der Waals surface area contributed by atoms with Crippen molar-refractivity contribution in [3.05, 3.63) is 24.3 Å². The van der Waals surface area contributed by atoms with Crippen molar-refractivity contribution in [2.24, 2.45) is 0 Å². The van der Waals surface area contributed by atoms with Gasteiger partial charge in [0.2, 0.25) is 0 Å². The molecule has 0 aliphatic rings. The number of phosphoric ester groups is 1. The fraction of sp³-hybridized carbons (Fsp3) is 0.898. The number of hydrogen-bond donors (Lipinski definition) is 3. The molecule has 0 fully saturated rings. The standard InChI is InChI=1S/C49H95O9P/c1-3-5-7-9-11-13-15-17-19-21-23-25-27-29-31-33-35-37-39-41-49(52)58-48(46-57-59(53,54)56-44-47(51)43-50)45-55-42-40-38-36-34-32-30-28-26-24-22-20-18-16-14-12-10-8-6-4-2/h14,16,20,22,47-48,50-51H,3-13,15,17-19,21,23-46H2,1-2H3,(H,53,54)/b16-14-,22-20-. The maximum atomic E-state index is 12.7. The third-order valence-electron chi connectivity index (χ3n) is 10.9. The van der Waals surface area contributed by atoms with E-state index in [-0.39, 0.29) is 25.6 Å². The first-order valence-corrected chi connectivity index (χ1v) is 26.3. The topological polar surface area (TPSA) is 132 Å². The first-order chi connectivity index (χ1) is 28.8. The minimum atomic E-state index is -4.52. The molecule has 3 atom stereocenters. The molecule has 0 aliphatic heterocycles. The predicted octanol–water partition coefficient (Wildman–Crippen LogP) is 14.2. The van der Waals surface area contributed by atoms with Crippen molar-refractivity contribution in [1.82, 2.24) is 0 Å². The van der Waals surface area contributed by atoms with Gasteiger partial charge in [0.1, 0.15) is 12.2 Å². The number of allylic oxidation sites excluding steroid dienone is 4. The molecule has 0 saturated carbocycles. The van der Waals surface area contributed by atoms with Gasteiger partial charge >= 0.3 is 13.8 Å². The number of aliphatic hydroxyl groups is 2. The van der Waals surface area contributed by atoms with Gasteiger partial charge in [0, 0.05) is 13.0 Å². The highest BCUT2D eigenvalue weighted by Gasteiger charge is 2.26. The number of unbranched alkanes of at least 4 members (excludes halogenated alkanes) is 30. The van der Waals surface area contributed by atoms with Crippen molar-refractivity contribution in [2.75, 3.05) is 33.0 Å². The summed E-state index contributed by atoms with van der Waals surface area (Å²) in [6.45, 7) is 3.54. The van der Waals surface area contributed by atoms with E-state index >= 15 is 0 Å². The molecular weight excluding hydrogens is 764 g/mol. The second-order valence-corrected chi connectivity index (χ2v) is 18.3. The predicted molar refractivity (Wildman–Crippen MR) is 247 cm³/mol. The van der Waals surface area contributed by atoms with Crippen molar-refractivity contribution in [3.8, 4) is 0 Å². The molecule has 59 heavy (non-hydrogen) atoms. The van der Waals surface area contributed by atoms with Crippen LogP contribution in [0.25, 0.3) is 0 Å². The normalized spacial score (nSPS) is 14.1. The zero-order valence-electron chi connectivity index (χ0n) is 38.5. The Morgan fingerprint density at radius 2 is 0.915 bits per heavy atom. The average Bonchev–Trinajstić information content (AvgIpc) is 3.23. The Labute approximate surface area is 363 Å². The molecule has 9 nitrogen and oxygen atoms in total. The Morgan fingerprint density at radius 3 is 1.37 bits per heavy atom. The van der Waals surface area contributed by atoms with Gasteiger partial charge < -0.3 is 24.6 Å². The highest BCUT2D eigenvalue weighted by molar-refractivity contribution is 7.47. The number of carbonyl (C=O) groups is 1. The number of aliphatic hydroxyl groups excluding tert-OH is 2. The van der Waals surface area contributed by atoms with Crippen LogP contribution in [-0.4, -0.2) is 66.3 Å². The third kappa shape index (κ3) is 46.3. The summed E-state index contributed by atoms with van der Waals surface area (Å²) in [6.07, 6.45) is 49.9.